The predicted molar refractivity (Wildman–Crippen MR) is 89.0 cm³/mol. The van der Waals surface area contributed by atoms with Crippen LogP contribution in [0.3, 0.4) is 0 Å². The fraction of sp³-hybridized carbons (Fsp3) is 0.125. The van der Waals surface area contributed by atoms with Crippen molar-refractivity contribution in [2.75, 3.05) is 0 Å². The highest BCUT2D eigenvalue weighted by Crippen LogP contribution is 2.16. The standard InChI is InChI=1S/C16H12Br2O4/c17-9-11-5-1-3-7-13(11)15(19)21-22-16(20)14-8-4-2-6-12(14)10-18/h1-8H,9-10H2. The maximum Gasteiger partial charge on any atom is 0.386 e. The maximum atomic E-state index is 12.0. The molecule has 0 fully saturated rings. The van der Waals surface area contributed by atoms with Crippen LogP contribution in [0.4, 0.5) is 0 Å². The van der Waals surface area contributed by atoms with Crippen molar-refractivity contribution in [1.82, 2.24) is 0 Å². The summed E-state index contributed by atoms with van der Waals surface area (Å²) in [4.78, 5) is 33.3. The van der Waals surface area contributed by atoms with Crippen LogP contribution in [0.2, 0.25) is 0 Å². The Morgan fingerprint density at radius 2 is 1.09 bits per heavy atom. The molecule has 0 aliphatic carbocycles. The molecule has 2 aromatic carbocycles. The van der Waals surface area contributed by atoms with Crippen molar-refractivity contribution in [3.05, 3.63) is 70.8 Å². The van der Waals surface area contributed by atoms with Crippen LogP contribution in [-0.4, -0.2) is 11.9 Å². The molecule has 0 aliphatic heterocycles. The number of carbonyl (C=O) groups excluding carboxylic acids is 2. The smallest absolute Gasteiger partial charge is 0.241 e. The van der Waals surface area contributed by atoms with Crippen LogP contribution in [0.5, 0.6) is 0 Å². The van der Waals surface area contributed by atoms with Gasteiger partial charge in [-0.15, -0.1) is 0 Å². The molecule has 0 radical (unpaired) electrons. The van der Waals surface area contributed by atoms with Gasteiger partial charge in [-0.05, 0) is 23.3 Å². The van der Waals surface area contributed by atoms with Crippen molar-refractivity contribution in [1.29, 1.82) is 0 Å². The third-order valence-electron chi connectivity index (χ3n) is 2.96. The van der Waals surface area contributed by atoms with Gasteiger partial charge in [-0.1, -0.05) is 68.3 Å². The molecule has 0 amide bonds. The first kappa shape index (κ1) is 16.7. The van der Waals surface area contributed by atoms with Gasteiger partial charge in [-0.3, -0.25) is 0 Å². The van der Waals surface area contributed by atoms with E-state index < -0.39 is 11.9 Å². The molecule has 0 N–H and O–H groups in total. The molecule has 2 aromatic rings. The van der Waals surface area contributed by atoms with E-state index in [-0.39, 0.29) is 0 Å². The van der Waals surface area contributed by atoms with E-state index in [1.54, 1.807) is 36.4 Å². The molecule has 0 aliphatic rings. The van der Waals surface area contributed by atoms with E-state index in [0.717, 1.165) is 11.1 Å². The highest BCUT2D eigenvalue weighted by atomic mass is 79.9. The number of hydrogen-bond donors (Lipinski definition) is 0. The minimum atomic E-state index is -0.709. The molecule has 0 spiro atoms. The van der Waals surface area contributed by atoms with Crippen LogP contribution in [0.25, 0.3) is 0 Å². The first-order valence-electron chi connectivity index (χ1n) is 6.38. The highest BCUT2D eigenvalue weighted by Gasteiger charge is 2.18. The summed E-state index contributed by atoms with van der Waals surface area (Å²) in [6, 6.07) is 13.8. The summed E-state index contributed by atoms with van der Waals surface area (Å²) in [5.41, 5.74) is 2.20. The summed E-state index contributed by atoms with van der Waals surface area (Å²) in [5, 5.41) is 0.997. The molecule has 0 unspecified atom stereocenters. The molecule has 22 heavy (non-hydrogen) atoms. The summed E-state index contributed by atoms with van der Waals surface area (Å²) in [5.74, 6) is -1.42. The third kappa shape index (κ3) is 3.96. The Morgan fingerprint density at radius 3 is 1.45 bits per heavy atom. The summed E-state index contributed by atoms with van der Waals surface area (Å²) in [6.45, 7) is 0. The Hall–Kier alpha value is -1.66. The number of alkyl halides is 2. The Labute approximate surface area is 144 Å². The van der Waals surface area contributed by atoms with E-state index in [9.17, 15) is 9.59 Å². The largest absolute Gasteiger partial charge is 0.386 e. The normalized spacial score (nSPS) is 10.1. The number of rotatable bonds is 4. The van der Waals surface area contributed by atoms with Crippen molar-refractivity contribution < 1.29 is 19.4 Å². The second kappa shape index (κ2) is 8.10. The van der Waals surface area contributed by atoms with Gasteiger partial charge in [0.1, 0.15) is 0 Å². The Bertz CT molecular complexity index is 626. The molecule has 114 valence electrons. The monoisotopic (exact) mass is 426 g/mol. The lowest BCUT2D eigenvalue weighted by Gasteiger charge is -2.08. The van der Waals surface area contributed by atoms with Crippen LogP contribution in [-0.2, 0) is 20.4 Å². The maximum absolute atomic E-state index is 12.0. The van der Waals surface area contributed by atoms with Gasteiger partial charge in [0.05, 0.1) is 11.1 Å². The molecule has 0 saturated carbocycles. The van der Waals surface area contributed by atoms with Crippen molar-refractivity contribution >= 4 is 43.8 Å². The van der Waals surface area contributed by atoms with E-state index in [1.165, 1.54) is 0 Å². The van der Waals surface area contributed by atoms with Crippen molar-refractivity contribution in [3.8, 4) is 0 Å². The molecular weight excluding hydrogens is 416 g/mol. The fourth-order valence-electron chi connectivity index (χ4n) is 1.84. The van der Waals surface area contributed by atoms with Gasteiger partial charge < -0.3 is 0 Å². The van der Waals surface area contributed by atoms with E-state index in [4.69, 9.17) is 0 Å². The van der Waals surface area contributed by atoms with Crippen molar-refractivity contribution in [2.24, 2.45) is 0 Å². The first-order chi connectivity index (χ1) is 10.7. The summed E-state index contributed by atoms with van der Waals surface area (Å²) in [7, 11) is 0. The van der Waals surface area contributed by atoms with E-state index in [2.05, 4.69) is 41.6 Å². The van der Waals surface area contributed by atoms with Crippen molar-refractivity contribution in [2.45, 2.75) is 10.7 Å². The van der Waals surface area contributed by atoms with E-state index >= 15 is 0 Å². The SMILES string of the molecule is O=C(OOC(=O)c1ccccc1CBr)c1ccccc1CBr. The molecule has 0 heterocycles. The summed E-state index contributed by atoms with van der Waals surface area (Å²) < 4.78 is 0. The zero-order valence-electron chi connectivity index (χ0n) is 11.4. The van der Waals surface area contributed by atoms with E-state index in [1.807, 2.05) is 12.1 Å². The van der Waals surface area contributed by atoms with Gasteiger partial charge in [0.2, 0.25) is 0 Å². The number of hydrogen-bond acceptors (Lipinski definition) is 4. The quantitative estimate of drug-likeness (QED) is 0.412. The second-order valence-electron chi connectivity index (χ2n) is 4.32. The Balaban J connectivity index is 2.06. The van der Waals surface area contributed by atoms with Gasteiger partial charge in [0, 0.05) is 10.7 Å². The van der Waals surface area contributed by atoms with Crippen LogP contribution in [0, 0.1) is 0 Å². The minimum Gasteiger partial charge on any atom is -0.241 e. The third-order valence-corrected chi connectivity index (χ3v) is 4.16. The lowest BCUT2D eigenvalue weighted by atomic mass is 10.1. The molecule has 4 nitrogen and oxygen atoms in total. The van der Waals surface area contributed by atoms with Gasteiger partial charge in [0.15, 0.2) is 0 Å². The summed E-state index contributed by atoms with van der Waals surface area (Å²) >= 11 is 6.58. The van der Waals surface area contributed by atoms with Crippen LogP contribution < -0.4 is 0 Å². The molecule has 0 bridgehead atoms. The lowest BCUT2D eigenvalue weighted by molar-refractivity contribution is -0.187. The zero-order chi connectivity index (χ0) is 15.9. The van der Waals surface area contributed by atoms with Crippen LogP contribution in [0.1, 0.15) is 31.8 Å². The molecule has 6 heteroatoms. The minimum absolute atomic E-state index is 0.348. The second-order valence-corrected chi connectivity index (χ2v) is 5.44. The van der Waals surface area contributed by atoms with Gasteiger partial charge in [0.25, 0.3) is 0 Å². The average molecular weight is 428 g/mol. The average Bonchev–Trinajstić information content (AvgIpc) is 2.59. The zero-order valence-corrected chi connectivity index (χ0v) is 14.6. The molecular formula is C16H12Br2O4. The topological polar surface area (TPSA) is 52.6 Å². The highest BCUT2D eigenvalue weighted by molar-refractivity contribution is 9.08. The first-order valence-corrected chi connectivity index (χ1v) is 8.62. The Morgan fingerprint density at radius 1 is 0.727 bits per heavy atom. The summed E-state index contributed by atoms with van der Waals surface area (Å²) in [6.07, 6.45) is 0. The number of halogens is 2. The fourth-order valence-corrected chi connectivity index (χ4v) is 2.82. The van der Waals surface area contributed by atoms with Gasteiger partial charge in [-0.25, -0.2) is 19.4 Å². The van der Waals surface area contributed by atoms with Crippen molar-refractivity contribution in [3.63, 3.8) is 0 Å². The van der Waals surface area contributed by atoms with Gasteiger partial charge in [-0.2, -0.15) is 0 Å². The predicted octanol–water partition coefficient (Wildman–Crippen LogP) is 4.41. The van der Waals surface area contributed by atoms with E-state index in [0.29, 0.717) is 21.8 Å². The Kier molecular flexibility index (Phi) is 6.15. The number of carbonyl (C=O) groups is 2. The van der Waals surface area contributed by atoms with Gasteiger partial charge >= 0.3 is 11.9 Å². The number of benzene rings is 2. The van der Waals surface area contributed by atoms with Crippen LogP contribution >= 0.6 is 31.9 Å². The lowest BCUT2D eigenvalue weighted by Crippen LogP contribution is -2.14. The molecule has 2 rings (SSSR count). The molecule has 0 atom stereocenters. The molecule has 0 saturated heterocycles. The van der Waals surface area contributed by atoms with Crippen LogP contribution in [0.15, 0.2) is 48.5 Å². The molecule has 0 aromatic heterocycles.